The number of nitrogens with zero attached hydrogens (tertiary/aromatic N) is 2. The van der Waals surface area contributed by atoms with Gasteiger partial charge >= 0.3 is 10.0 Å². The Kier molecular flexibility index (Phi) is 4.81. The van der Waals surface area contributed by atoms with E-state index >= 15 is 0 Å². The van der Waals surface area contributed by atoms with Crippen LogP contribution in [0.5, 0.6) is 5.75 Å². The van der Waals surface area contributed by atoms with Gasteiger partial charge in [0.2, 0.25) is 0 Å². The van der Waals surface area contributed by atoms with Gasteiger partial charge in [0.05, 0.1) is 20.2 Å². The zero-order valence-corrected chi connectivity index (χ0v) is 16.3. The molecule has 1 fully saturated rings. The van der Waals surface area contributed by atoms with E-state index in [-0.39, 0.29) is 23.7 Å². The fourth-order valence-corrected chi connectivity index (χ4v) is 6.10. The molecule has 3 aromatic rings. The summed E-state index contributed by atoms with van der Waals surface area (Å²) in [4.78, 5) is 4.45. The minimum Gasteiger partial charge on any atom is -0.494 e. The average Bonchev–Trinajstić information content (AvgIpc) is 2.73. The van der Waals surface area contributed by atoms with Gasteiger partial charge in [-0.2, -0.15) is 12.3 Å². The normalized spacial score (nSPS) is 16.8. The van der Waals surface area contributed by atoms with E-state index in [0.717, 1.165) is 0 Å². The molecule has 1 saturated heterocycles. The van der Waals surface area contributed by atoms with Gasteiger partial charge in [-0.25, -0.2) is 4.39 Å². The number of sulfonamides is 1. The third-order valence-electron chi connectivity index (χ3n) is 5.33. The first-order valence-electron chi connectivity index (χ1n) is 9.12. The molecule has 7 heteroatoms. The first-order chi connectivity index (χ1) is 13.5. The molecule has 0 spiro atoms. The van der Waals surface area contributed by atoms with Gasteiger partial charge in [-0.1, -0.05) is 12.1 Å². The van der Waals surface area contributed by atoms with E-state index in [9.17, 15) is 12.8 Å². The standard InChI is InChI=1S/C21H21FN2O3S/c1-27-19-11-12-20(16-8-7-13-23-21(16)19)28(25,26)24(14-5-2-6-15-24)18-10-4-3-9-17(18)22/h2-4,7-13H,5-6,14-15H2,1H3/q+1. The number of aromatic nitrogens is 1. The van der Waals surface area contributed by atoms with Crippen LogP contribution in [0.4, 0.5) is 10.1 Å². The van der Waals surface area contributed by atoms with Crippen LogP contribution in [0, 0.1) is 12.2 Å². The number of hydrogen-bond donors (Lipinski definition) is 0. The lowest BCUT2D eigenvalue weighted by Gasteiger charge is -2.39. The lowest BCUT2D eigenvalue weighted by atomic mass is 10.1. The predicted molar refractivity (Wildman–Crippen MR) is 107 cm³/mol. The van der Waals surface area contributed by atoms with Gasteiger partial charge in [0.25, 0.3) is 0 Å². The van der Waals surface area contributed by atoms with E-state index in [1.807, 2.05) is 0 Å². The maximum absolute atomic E-state index is 14.8. The molecule has 4 rings (SSSR count). The zero-order chi connectivity index (χ0) is 19.8. The Labute approximate surface area is 164 Å². The predicted octanol–water partition coefficient (Wildman–Crippen LogP) is 4.08. The smallest absolute Gasteiger partial charge is 0.332 e. The summed E-state index contributed by atoms with van der Waals surface area (Å²) in [5, 5.41) is 0.477. The van der Waals surface area contributed by atoms with Gasteiger partial charge in [-0.15, -0.1) is 0 Å². The van der Waals surface area contributed by atoms with Gasteiger partial charge in [-0.05, 0) is 36.8 Å². The number of ether oxygens (including phenoxy) is 1. The molecule has 2 heterocycles. The molecule has 1 aliphatic rings. The third kappa shape index (κ3) is 2.77. The van der Waals surface area contributed by atoms with Crippen LogP contribution in [0.3, 0.4) is 0 Å². The fourth-order valence-electron chi connectivity index (χ4n) is 3.95. The highest BCUT2D eigenvalue weighted by atomic mass is 32.2. The van der Waals surface area contributed by atoms with Crippen LogP contribution in [0.15, 0.2) is 59.6 Å². The number of quaternary nitrogens is 1. The number of piperidine rings is 1. The second-order valence-electron chi connectivity index (χ2n) is 6.79. The van der Waals surface area contributed by atoms with Crippen LogP contribution < -0.4 is 8.63 Å². The van der Waals surface area contributed by atoms with Crippen molar-refractivity contribution in [3.8, 4) is 5.75 Å². The number of methoxy groups -OCH3 is 1. The molecule has 0 bridgehead atoms. The molecule has 0 amide bonds. The fraction of sp³-hybridized carbons (Fsp3) is 0.238. The number of halogens is 1. The minimum absolute atomic E-state index is 0.140. The molecular weight excluding hydrogens is 379 g/mol. The summed E-state index contributed by atoms with van der Waals surface area (Å²) >= 11 is 0. The molecule has 0 N–H and O–H groups in total. The SMILES string of the molecule is COc1ccc(S(=O)(=O)[N+]2(c3ccccc3F)CC[CH]CC2)c2cccnc12. The van der Waals surface area contributed by atoms with Crippen LogP contribution in [-0.2, 0) is 10.0 Å². The van der Waals surface area contributed by atoms with E-state index < -0.39 is 19.7 Å². The topological polar surface area (TPSA) is 56.3 Å². The van der Waals surface area contributed by atoms with Crippen molar-refractivity contribution in [1.29, 1.82) is 0 Å². The van der Waals surface area contributed by atoms with Gasteiger partial charge < -0.3 is 4.74 Å². The van der Waals surface area contributed by atoms with Crippen molar-refractivity contribution in [3.05, 3.63) is 67.0 Å². The maximum atomic E-state index is 14.8. The lowest BCUT2D eigenvalue weighted by Crippen LogP contribution is -2.57. The van der Waals surface area contributed by atoms with Crippen LogP contribution in [0.1, 0.15) is 12.8 Å². The molecule has 2 aromatic carbocycles. The molecule has 145 valence electrons. The number of hydrogen-bond acceptors (Lipinski definition) is 4. The Morgan fingerprint density at radius 3 is 2.50 bits per heavy atom. The Balaban J connectivity index is 2.01. The number of rotatable bonds is 4. The summed E-state index contributed by atoms with van der Waals surface area (Å²) in [6.45, 7) is 0.577. The van der Waals surface area contributed by atoms with Gasteiger partial charge in [-0.3, -0.25) is 4.98 Å². The molecule has 5 nitrogen and oxygen atoms in total. The van der Waals surface area contributed by atoms with Crippen LogP contribution in [0.2, 0.25) is 0 Å². The van der Waals surface area contributed by atoms with E-state index in [1.54, 1.807) is 42.6 Å². The van der Waals surface area contributed by atoms with Crippen molar-refractivity contribution in [1.82, 2.24) is 8.87 Å². The van der Waals surface area contributed by atoms with Gasteiger partial charge in [0, 0.05) is 30.5 Å². The van der Waals surface area contributed by atoms with E-state index in [1.165, 1.54) is 19.2 Å². The quantitative estimate of drug-likeness (QED) is 0.620. The summed E-state index contributed by atoms with van der Waals surface area (Å²) in [6, 6.07) is 12.7. The highest BCUT2D eigenvalue weighted by Gasteiger charge is 2.48. The monoisotopic (exact) mass is 400 g/mol. The Morgan fingerprint density at radius 1 is 1.04 bits per heavy atom. The third-order valence-corrected chi connectivity index (χ3v) is 7.72. The molecule has 1 aliphatic heterocycles. The van der Waals surface area contributed by atoms with E-state index in [0.29, 0.717) is 29.5 Å². The van der Waals surface area contributed by atoms with Gasteiger partial charge in [0.1, 0.15) is 16.2 Å². The molecule has 1 radical (unpaired) electrons. The Bertz CT molecular complexity index is 1130. The molecule has 28 heavy (non-hydrogen) atoms. The van der Waals surface area contributed by atoms with Crippen LogP contribution >= 0.6 is 0 Å². The average molecular weight is 400 g/mol. The number of para-hydroxylation sites is 1. The van der Waals surface area contributed by atoms with E-state index in [2.05, 4.69) is 11.4 Å². The van der Waals surface area contributed by atoms with Crippen molar-refractivity contribution in [3.63, 3.8) is 0 Å². The first kappa shape index (κ1) is 18.8. The molecule has 1 aromatic heterocycles. The highest BCUT2D eigenvalue weighted by molar-refractivity contribution is 7.91. The summed E-state index contributed by atoms with van der Waals surface area (Å²) < 4.78 is 47.7. The Hall–Kier alpha value is -2.51. The van der Waals surface area contributed by atoms with Crippen molar-refractivity contribution in [2.45, 2.75) is 17.7 Å². The van der Waals surface area contributed by atoms with Crippen LogP contribution in [0.25, 0.3) is 10.9 Å². The highest BCUT2D eigenvalue weighted by Crippen LogP contribution is 2.40. The largest absolute Gasteiger partial charge is 0.494 e. The number of fused-ring (bicyclic) bond motifs is 1. The summed E-state index contributed by atoms with van der Waals surface area (Å²) in [7, 11) is -2.45. The first-order valence-corrected chi connectivity index (χ1v) is 10.6. The van der Waals surface area contributed by atoms with Crippen molar-refractivity contribution < 1.29 is 17.5 Å². The second-order valence-corrected chi connectivity index (χ2v) is 8.88. The minimum atomic E-state index is -3.97. The summed E-state index contributed by atoms with van der Waals surface area (Å²) in [5.41, 5.74) is 0.657. The van der Waals surface area contributed by atoms with Crippen molar-refractivity contribution in [2.75, 3.05) is 20.2 Å². The van der Waals surface area contributed by atoms with Crippen molar-refractivity contribution >= 4 is 26.6 Å². The molecular formula is C21H21FN2O3S+. The summed E-state index contributed by atoms with van der Waals surface area (Å²) in [5.74, 6) is -0.0112. The number of pyridine rings is 1. The van der Waals surface area contributed by atoms with Gasteiger partial charge in [0.15, 0.2) is 11.5 Å². The van der Waals surface area contributed by atoms with E-state index in [4.69, 9.17) is 4.74 Å². The molecule has 0 saturated carbocycles. The Morgan fingerprint density at radius 2 is 1.79 bits per heavy atom. The summed E-state index contributed by atoms with van der Waals surface area (Å²) in [6.07, 6.45) is 4.85. The maximum Gasteiger partial charge on any atom is 0.332 e. The van der Waals surface area contributed by atoms with Crippen molar-refractivity contribution in [2.24, 2.45) is 0 Å². The second kappa shape index (κ2) is 7.14. The lowest BCUT2D eigenvalue weighted by molar-refractivity contribution is 0.367. The number of benzene rings is 2. The molecule has 0 atom stereocenters. The van der Waals surface area contributed by atoms with Crippen LogP contribution in [-0.4, -0.2) is 33.6 Å². The zero-order valence-electron chi connectivity index (χ0n) is 15.5. The molecule has 0 unspecified atom stereocenters. The molecule has 0 aliphatic carbocycles.